The number of ether oxygens (including phenoxy) is 2. The predicted octanol–water partition coefficient (Wildman–Crippen LogP) is 0.625. The maximum Gasteiger partial charge on any atom is 0.255 e. The lowest BCUT2D eigenvalue weighted by atomic mass is 10.1. The number of rotatable bonds is 7. The second-order valence-corrected chi connectivity index (χ2v) is 11.2. The maximum absolute atomic E-state index is 13.5. The zero-order valence-electron chi connectivity index (χ0n) is 25.3. The van der Waals surface area contributed by atoms with E-state index in [1.165, 1.54) is 11.2 Å². The number of carbonyl (C=O) groups excluding carboxylic acids is 4. The number of imidazole rings is 1. The number of hydrogen-bond donors (Lipinski definition) is 4. The number of aromatic nitrogens is 2. The molecule has 2 aromatic carbocycles. The molecule has 4 N–H and O–H groups in total. The molecule has 0 bridgehead atoms. The van der Waals surface area contributed by atoms with Crippen molar-refractivity contribution in [3.8, 4) is 5.75 Å². The second kappa shape index (κ2) is 15.3. The molecule has 5 rings (SSSR count). The topological polar surface area (TPSA) is 158 Å². The van der Waals surface area contributed by atoms with Gasteiger partial charge in [-0.15, -0.1) is 0 Å². The summed E-state index contributed by atoms with van der Waals surface area (Å²) in [6.07, 6.45) is 2.86. The molecule has 0 unspecified atom stereocenters. The van der Waals surface area contributed by atoms with Gasteiger partial charge in [0.2, 0.25) is 17.7 Å². The highest BCUT2D eigenvalue weighted by molar-refractivity contribution is 6.01. The van der Waals surface area contributed by atoms with Gasteiger partial charge in [-0.25, -0.2) is 4.98 Å². The lowest BCUT2D eigenvalue weighted by Gasteiger charge is -2.27. The molecule has 13 nitrogen and oxygen atoms in total. The second-order valence-electron chi connectivity index (χ2n) is 11.2. The number of aromatic amines is 1. The molecule has 4 amide bonds. The fourth-order valence-electron chi connectivity index (χ4n) is 5.32. The largest absolute Gasteiger partial charge is 0.491 e. The van der Waals surface area contributed by atoms with E-state index in [0.29, 0.717) is 24.7 Å². The van der Waals surface area contributed by atoms with Crippen molar-refractivity contribution in [2.75, 3.05) is 46.5 Å². The van der Waals surface area contributed by atoms with Crippen molar-refractivity contribution in [2.45, 2.75) is 38.0 Å². The first-order chi connectivity index (χ1) is 21.9. The van der Waals surface area contributed by atoms with E-state index in [4.69, 9.17) is 9.47 Å². The molecule has 2 aliphatic heterocycles. The Kier molecular flexibility index (Phi) is 10.8. The number of carbonyl (C=O) groups is 4. The van der Waals surface area contributed by atoms with Gasteiger partial charge in [-0.1, -0.05) is 36.4 Å². The minimum Gasteiger partial charge on any atom is -0.491 e. The van der Waals surface area contributed by atoms with E-state index in [2.05, 4.69) is 30.8 Å². The summed E-state index contributed by atoms with van der Waals surface area (Å²) in [5, 5.41) is 8.36. The fourth-order valence-corrected chi connectivity index (χ4v) is 5.32. The van der Waals surface area contributed by atoms with Crippen LogP contribution < -0.4 is 20.7 Å². The summed E-state index contributed by atoms with van der Waals surface area (Å²) in [6.45, 7) is 4.47. The van der Waals surface area contributed by atoms with Gasteiger partial charge in [-0.2, -0.15) is 0 Å². The van der Waals surface area contributed by atoms with Gasteiger partial charge < -0.3 is 35.3 Å². The Bertz CT molecular complexity index is 1470. The summed E-state index contributed by atoms with van der Waals surface area (Å²) >= 11 is 0. The van der Waals surface area contributed by atoms with Crippen molar-refractivity contribution in [1.29, 1.82) is 0 Å². The average molecular weight is 618 g/mol. The van der Waals surface area contributed by atoms with Crippen molar-refractivity contribution >= 4 is 23.6 Å². The Balaban J connectivity index is 1.32. The van der Waals surface area contributed by atoms with Crippen LogP contribution in [-0.2, 0) is 38.6 Å². The molecule has 0 saturated carbocycles. The lowest BCUT2D eigenvalue weighted by molar-refractivity contribution is -0.136. The van der Waals surface area contributed by atoms with Crippen LogP contribution in [-0.4, -0.2) is 102 Å². The Hall–Kier alpha value is -4.75. The molecule has 2 atom stereocenters. The quantitative estimate of drug-likeness (QED) is 0.301. The molecular formula is C32H39N7O6. The number of para-hydroxylation sites is 1. The minimum atomic E-state index is -1.22. The molecule has 1 aromatic heterocycles. The third-order valence-corrected chi connectivity index (χ3v) is 7.78. The number of fused-ring (bicyclic) bond motifs is 1. The summed E-state index contributed by atoms with van der Waals surface area (Å²) in [4.78, 5) is 64.4. The van der Waals surface area contributed by atoms with Crippen LogP contribution in [0, 0.1) is 0 Å². The summed E-state index contributed by atoms with van der Waals surface area (Å²) in [7, 11) is 1.62. The molecule has 0 radical (unpaired) electrons. The van der Waals surface area contributed by atoms with Crippen molar-refractivity contribution in [1.82, 2.24) is 35.7 Å². The molecule has 45 heavy (non-hydrogen) atoms. The SMILES string of the molecule is CN1CCOc2ccccc2C(=O)N[C@H](C(=O)NCc2cccc(CN3CCOCC3)c2)CC(=O)N[C@@H](Cc2cnc[nH]2)C1=O. The summed E-state index contributed by atoms with van der Waals surface area (Å²) in [6, 6.07) is 12.4. The van der Waals surface area contributed by atoms with Crippen LogP contribution in [0.4, 0.5) is 0 Å². The molecule has 3 aromatic rings. The van der Waals surface area contributed by atoms with Gasteiger partial charge in [0.05, 0.1) is 38.1 Å². The van der Waals surface area contributed by atoms with Gasteiger partial charge >= 0.3 is 0 Å². The van der Waals surface area contributed by atoms with Crippen molar-refractivity contribution in [2.24, 2.45) is 0 Å². The zero-order valence-corrected chi connectivity index (χ0v) is 25.3. The van der Waals surface area contributed by atoms with Crippen molar-refractivity contribution < 1.29 is 28.7 Å². The lowest BCUT2D eigenvalue weighted by Crippen LogP contribution is -2.53. The molecular weight excluding hydrogens is 578 g/mol. The summed E-state index contributed by atoms with van der Waals surface area (Å²) < 4.78 is 11.3. The Morgan fingerprint density at radius 3 is 2.60 bits per heavy atom. The standard InChI is InChI=1S/C32H39N7O6/c1-38-9-14-45-28-8-3-2-7-25(28)30(41)37-26(17-29(40)36-27(32(38)43)16-24-19-33-21-35-24)31(42)34-18-22-5-4-6-23(15-22)20-39-10-12-44-13-11-39/h2-8,15,19,21,26-27H,9-14,16-18,20H2,1H3,(H,33,35)(H,34,42)(H,36,40)(H,37,41)/t26-,27-/m0/s1. The number of hydrogen-bond acceptors (Lipinski definition) is 8. The van der Waals surface area contributed by atoms with E-state index < -0.39 is 29.8 Å². The zero-order chi connectivity index (χ0) is 31.6. The first-order valence-corrected chi connectivity index (χ1v) is 15.1. The van der Waals surface area contributed by atoms with E-state index in [1.807, 2.05) is 24.3 Å². The van der Waals surface area contributed by atoms with Gasteiger partial charge in [0.1, 0.15) is 24.4 Å². The first-order valence-electron chi connectivity index (χ1n) is 15.1. The highest BCUT2D eigenvalue weighted by Crippen LogP contribution is 2.19. The number of H-pyrrole nitrogens is 1. The van der Waals surface area contributed by atoms with E-state index in [1.54, 1.807) is 37.5 Å². The number of benzene rings is 2. The molecule has 238 valence electrons. The number of nitrogens with zero attached hydrogens (tertiary/aromatic N) is 3. The molecule has 1 saturated heterocycles. The molecule has 0 spiro atoms. The Morgan fingerprint density at radius 2 is 1.80 bits per heavy atom. The van der Waals surface area contributed by atoms with Crippen molar-refractivity contribution in [3.63, 3.8) is 0 Å². The normalized spacial score (nSPS) is 20.3. The number of amides is 4. The van der Waals surface area contributed by atoms with Crippen LogP contribution in [0.2, 0.25) is 0 Å². The molecule has 1 fully saturated rings. The van der Waals surface area contributed by atoms with Crippen LogP contribution in [0.15, 0.2) is 61.1 Å². The van der Waals surface area contributed by atoms with Crippen LogP contribution in [0.1, 0.15) is 33.6 Å². The highest BCUT2D eigenvalue weighted by Gasteiger charge is 2.30. The molecule has 13 heteroatoms. The Morgan fingerprint density at radius 1 is 1.00 bits per heavy atom. The van der Waals surface area contributed by atoms with Crippen LogP contribution >= 0.6 is 0 Å². The maximum atomic E-state index is 13.5. The van der Waals surface area contributed by atoms with E-state index >= 15 is 0 Å². The smallest absolute Gasteiger partial charge is 0.255 e. The highest BCUT2D eigenvalue weighted by atomic mass is 16.5. The summed E-state index contributed by atoms with van der Waals surface area (Å²) in [5.74, 6) is -1.66. The van der Waals surface area contributed by atoms with Gasteiger partial charge in [0.15, 0.2) is 0 Å². The van der Waals surface area contributed by atoms with Crippen molar-refractivity contribution in [3.05, 3.63) is 83.4 Å². The van der Waals surface area contributed by atoms with Gasteiger partial charge in [-0.3, -0.25) is 24.1 Å². The monoisotopic (exact) mass is 617 g/mol. The molecule has 0 aliphatic carbocycles. The predicted molar refractivity (Wildman–Crippen MR) is 164 cm³/mol. The van der Waals surface area contributed by atoms with Crippen LogP contribution in [0.25, 0.3) is 0 Å². The number of likely N-dealkylation sites (N-methyl/N-ethyl adjacent to an activating group) is 1. The first kappa shape index (κ1) is 31.7. The number of morpholine rings is 1. The third kappa shape index (κ3) is 8.89. The van der Waals surface area contributed by atoms with Crippen LogP contribution in [0.3, 0.4) is 0 Å². The van der Waals surface area contributed by atoms with Crippen LogP contribution in [0.5, 0.6) is 5.75 Å². The molecule has 3 heterocycles. The van der Waals surface area contributed by atoms with Gasteiger partial charge in [0, 0.05) is 51.5 Å². The van der Waals surface area contributed by atoms with E-state index in [9.17, 15) is 19.2 Å². The summed E-state index contributed by atoms with van der Waals surface area (Å²) in [5.41, 5.74) is 2.88. The average Bonchev–Trinajstić information content (AvgIpc) is 3.56. The van der Waals surface area contributed by atoms with Gasteiger partial charge in [0.25, 0.3) is 5.91 Å². The van der Waals surface area contributed by atoms with E-state index in [0.717, 1.165) is 30.8 Å². The minimum absolute atomic E-state index is 0.117. The van der Waals surface area contributed by atoms with E-state index in [-0.39, 0.29) is 44.0 Å². The Labute approximate surface area is 261 Å². The molecule has 2 aliphatic rings. The van der Waals surface area contributed by atoms with Gasteiger partial charge in [-0.05, 0) is 23.3 Å². The third-order valence-electron chi connectivity index (χ3n) is 7.78. The fraction of sp³-hybridized carbons (Fsp3) is 0.406. The number of nitrogens with one attached hydrogen (secondary N) is 4.